The summed E-state index contributed by atoms with van der Waals surface area (Å²) in [6, 6.07) is 0. The molecular weight excluding hydrogens is 392 g/mol. The van der Waals surface area contributed by atoms with Crippen LogP contribution in [0.5, 0.6) is 0 Å². The molecule has 0 aliphatic heterocycles. The van der Waals surface area contributed by atoms with Gasteiger partial charge in [-0.05, 0) is 85.9 Å². The highest BCUT2D eigenvalue weighted by Gasteiger charge is 2.63. The second-order valence-electron chi connectivity index (χ2n) is 11.6. The van der Waals surface area contributed by atoms with Crippen LogP contribution in [0.2, 0.25) is 0 Å². The third-order valence-corrected chi connectivity index (χ3v) is 10.2. The quantitative estimate of drug-likeness (QED) is 0.464. The van der Waals surface area contributed by atoms with Crippen molar-refractivity contribution in [2.75, 3.05) is 0 Å². The molecule has 0 saturated heterocycles. The van der Waals surface area contributed by atoms with Crippen LogP contribution in [0.15, 0.2) is 0 Å². The lowest BCUT2D eigenvalue weighted by molar-refractivity contribution is -0.197. The summed E-state index contributed by atoms with van der Waals surface area (Å²) in [5.41, 5.74) is 0.315. The monoisotopic (exact) mass is 432 g/mol. The molecule has 0 N–H and O–H groups in total. The van der Waals surface area contributed by atoms with E-state index in [1.165, 1.54) is 33.1 Å². The Labute approximate surface area is 187 Å². The van der Waals surface area contributed by atoms with Crippen LogP contribution in [0, 0.1) is 46.3 Å². The van der Waals surface area contributed by atoms with E-state index in [0.29, 0.717) is 23.7 Å². The minimum Gasteiger partial charge on any atom is -0.463 e. The zero-order valence-corrected chi connectivity index (χ0v) is 19.9. The average molecular weight is 433 g/mol. The molecule has 0 heterocycles. The van der Waals surface area contributed by atoms with Crippen LogP contribution < -0.4 is 0 Å². The molecule has 31 heavy (non-hydrogen) atoms. The van der Waals surface area contributed by atoms with Crippen molar-refractivity contribution in [2.45, 2.75) is 98.2 Å². The maximum atomic E-state index is 12.0. The van der Waals surface area contributed by atoms with Crippen molar-refractivity contribution in [3.05, 3.63) is 0 Å². The lowest BCUT2D eigenvalue weighted by Gasteiger charge is -2.62. The van der Waals surface area contributed by atoms with Gasteiger partial charge in [-0.3, -0.25) is 9.59 Å². The Balaban J connectivity index is 1.63. The number of carbonyl (C=O) groups excluding carboxylic acids is 3. The number of carbonyl (C=O) groups is 3. The van der Waals surface area contributed by atoms with Gasteiger partial charge in [-0.25, -0.2) is 0 Å². The van der Waals surface area contributed by atoms with Crippen LogP contribution in [0.1, 0.15) is 86.0 Å². The van der Waals surface area contributed by atoms with E-state index in [4.69, 9.17) is 9.47 Å². The number of aldehydes is 1. The zero-order valence-electron chi connectivity index (χ0n) is 19.9. The van der Waals surface area contributed by atoms with E-state index in [2.05, 4.69) is 20.8 Å². The molecule has 0 aromatic carbocycles. The van der Waals surface area contributed by atoms with Gasteiger partial charge in [0.2, 0.25) is 0 Å². The molecule has 0 radical (unpaired) electrons. The Morgan fingerprint density at radius 1 is 0.871 bits per heavy atom. The van der Waals surface area contributed by atoms with Gasteiger partial charge < -0.3 is 14.3 Å². The summed E-state index contributed by atoms with van der Waals surface area (Å²) in [6.07, 6.45) is 9.32. The third-order valence-electron chi connectivity index (χ3n) is 10.2. The number of fused-ring (bicyclic) bond motifs is 5. The Bertz CT molecular complexity index is 733. The fourth-order valence-corrected chi connectivity index (χ4v) is 8.92. The van der Waals surface area contributed by atoms with Gasteiger partial charge in [0.05, 0.1) is 0 Å². The predicted octanol–water partition coefficient (Wildman–Crippen LogP) is 4.95. The van der Waals surface area contributed by atoms with E-state index in [-0.39, 0.29) is 46.8 Å². The first-order chi connectivity index (χ1) is 14.6. The lowest BCUT2D eigenvalue weighted by Crippen LogP contribution is -2.59. The van der Waals surface area contributed by atoms with Crippen molar-refractivity contribution in [1.82, 2.24) is 0 Å². The highest BCUT2D eigenvalue weighted by atomic mass is 16.5. The van der Waals surface area contributed by atoms with Gasteiger partial charge in [0.25, 0.3) is 0 Å². The second-order valence-corrected chi connectivity index (χ2v) is 11.6. The highest BCUT2D eigenvalue weighted by molar-refractivity contribution is 5.66. The van der Waals surface area contributed by atoms with E-state index in [1.54, 1.807) is 0 Å². The molecule has 4 aliphatic rings. The average Bonchev–Trinajstić information content (AvgIpc) is 3.05. The van der Waals surface area contributed by atoms with Crippen molar-refractivity contribution in [1.29, 1.82) is 0 Å². The first-order valence-corrected chi connectivity index (χ1v) is 12.4. The van der Waals surface area contributed by atoms with Crippen molar-refractivity contribution < 1.29 is 23.9 Å². The smallest absolute Gasteiger partial charge is 0.302 e. The van der Waals surface area contributed by atoms with Gasteiger partial charge in [0.1, 0.15) is 18.5 Å². The maximum absolute atomic E-state index is 12.0. The summed E-state index contributed by atoms with van der Waals surface area (Å²) in [6.45, 7) is 9.93. The number of hydrogen-bond acceptors (Lipinski definition) is 5. The van der Waals surface area contributed by atoms with Crippen LogP contribution in [-0.4, -0.2) is 30.4 Å². The summed E-state index contributed by atoms with van der Waals surface area (Å²) in [5, 5.41) is 0. The Kier molecular flexibility index (Phi) is 6.02. The van der Waals surface area contributed by atoms with Gasteiger partial charge in [0.15, 0.2) is 0 Å². The SMILES string of the molecule is CC(=O)O[C@H]1CC[C@@]2(C)[C@H](C1)[C@@H](OC(C)=O)C[C@@H]1[C@@H]2CC[C@]2(C)[C@@H]([C@H](C)C=O)CC[C@@H]12. The molecule has 10 atom stereocenters. The van der Waals surface area contributed by atoms with E-state index in [9.17, 15) is 14.4 Å². The molecule has 5 heteroatoms. The van der Waals surface area contributed by atoms with Crippen molar-refractivity contribution in [3.63, 3.8) is 0 Å². The van der Waals surface area contributed by atoms with Crippen LogP contribution in [0.3, 0.4) is 0 Å². The topological polar surface area (TPSA) is 69.7 Å². The molecule has 4 saturated carbocycles. The molecule has 0 spiro atoms. The largest absolute Gasteiger partial charge is 0.463 e. The molecule has 0 aromatic heterocycles. The van der Waals surface area contributed by atoms with Crippen LogP contribution in [-0.2, 0) is 23.9 Å². The summed E-state index contributed by atoms with van der Waals surface area (Å²) in [4.78, 5) is 35.2. The second kappa shape index (κ2) is 8.19. The first-order valence-electron chi connectivity index (χ1n) is 12.4. The Hall–Kier alpha value is -1.39. The number of ether oxygens (including phenoxy) is 2. The fourth-order valence-electron chi connectivity index (χ4n) is 8.92. The Morgan fingerprint density at radius 3 is 2.16 bits per heavy atom. The fraction of sp³-hybridized carbons (Fsp3) is 0.885. The van der Waals surface area contributed by atoms with E-state index in [1.807, 2.05) is 0 Å². The summed E-state index contributed by atoms with van der Waals surface area (Å²) in [7, 11) is 0. The van der Waals surface area contributed by atoms with Gasteiger partial charge in [-0.1, -0.05) is 20.8 Å². The first kappa shape index (κ1) is 22.8. The molecule has 4 aliphatic carbocycles. The standard InChI is InChI=1S/C26H40O5/c1-15(14-27)20-6-7-21-19-13-24(31-17(3)29)23-12-18(30-16(2)28)8-10-26(23,5)22(19)9-11-25(20,21)4/h14-15,18-24H,6-13H2,1-5H3/t15-,18+,19+,20-,21+,22+,23-,24+,25-,26-/m1/s1. The Morgan fingerprint density at radius 2 is 1.52 bits per heavy atom. The van der Waals surface area contributed by atoms with Crippen molar-refractivity contribution in [3.8, 4) is 0 Å². The lowest BCUT2D eigenvalue weighted by atomic mass is 9.43. The predicted molar refractivity (Wildman–Crippen MR) is 117 cm³/mol. The molecular formula is C26H40O5. The number of hydrogen-bond donors (Lipinski definition) is 0. The van der Waals surface area contributed by atoms with Gasteiger partial charge in [0, 0.05) is 25.7 Å². The minimum absolute atomic E-state index is 0.0664. The molecule has 174 valence electrons. The summed E-state index contributed by atoms with van der Waals surface area (Å²) < 4.78 is 11.6. The van der Waals surface area contributed by atoms with Crippen LogP contribution in [0.25, 0.3) is 0 Å². The molecule has 4 fully saturated rings. The highest BCUT2D eigenvalue weighted by Crippen LogP contribution is 2.68. The molecule has 0 aromatic rings. The zero-order chi connectivity index (χ0) is 22.6. The molecule has 0 unspecified atom stereocenters. The summed E-state index contributed by atoms with van der Waals surface area (Å²) in [5.74, 6) is 2.14. The summed E-state index contributed by atoms with van der Waals surface area (Å²) >= 11 is 0. The minimum atomic E-state index is -0.221. The molecule has 0 bridgehead atoms. The van der Waals surface area contributed by atoms with E-state index in [0.717, 1.165) is 38.4 Å². The van der Waals surface area contributed by atoms with Crippen LogP contribution >= 0.6 is 0 Å². The maximum Gasteiger partial charge on any atom is 0.302 e. The molecule has 0 amide bonds. The van der Waals surface area contributed by atoms with Crippen LogP contribution in [0.4, 0.5) is 0 Å². The number of esters is 2. The van der Waals surface area contributed by atoms with E-state index < -0.39 is 0 Å². The van der Waals surface area contributed by atoms with E-state index >= 15 is 0 Å². The van der Waals surface area contributed by atoms with Crippen molar-refractivity contribution >= 4 is 18.2 Å². The van der Waals surface area contributed by atoms with Gasteiger partial charge in [-0.15, -0.1) is 0 Å². The number of rotatable bonds is 4. The molecule has 4 rings (SSSR count). The van der Waals surface area contributed by atoms with Gasteiger partial charge in [-0.2, -0.15) is 0 Å². The van der Waals surface area contributed by atoms with Gasteiger partial charge >= 0.3 is 11.9 Å². The third kappa shape index (κ3) is 3.74. The molecule has 5 nitrogen and oxygen atoms in total. The normalized spacial score (nSPS) is 47.3. The van der Waals surface area contributed by atoms with Crippen molar-refractivity contribution in [2.24, 2.45) is 46.3 Å².